The molecule has 1 aliphatic carbocycles. The number of nitrogens with two attached hydrogens (primary N) is 1. The van der Waals surface area contributed by atoms with Crippen LogP contribution < -0.4 is 5.32 Å². The number of hydrogen-bond acceptors (Lipinski definition) is 2. The highest BCUT2D eigenvalue weighted by Crippen LogP contribution is 2.39. The van der Waals surface area contributed by atoms with E-state index in [2.05, 4.69) is 24.4 Å². The first-order valence-electron chi connectivity index (χ1n) is 8.93. The fourth-order valence-electron chi connectivity index (χ4n) is 4.64. The normalized spacial score (nSPS) is 26.0. The third-order valence-corrected chi connectivity index (χ3v) is 5.66. The number of ketones is 2. The van der Waals surface area contributed by atoms with E-state index in [0.717, 1.165) is 23.1 Å². The Morgan fingerprint density at radius 3 is 2.26 bits per heavy atom. The highest BCUT2D eigenvalue weighted by molar-refractivity contribution is 6.14. The van der Waals surface area contributed by atoms with Crippen molar-refractivity contribution >= 4 is 11.6 Å². The number of carbonyl (C=O) groups is 2. The zero-order chi connectivity index (χ0) is 16.6. The summed E-state index contributed by atoms with van der Waals surface area (Å²) in [5.74, 6) is 0.393. The molecule has 1 saturated carbocycles. The van der Waals surface area contributed by atoms with Crippen molar-refractivity contribution < 1.29 is 14.9 Å². The molecule has 1 saturated heterocycles. The molecule has 1 aromatic carbocycles. The van der Waals surface area contributed by atoms with Crippen molar-refractivity contribution in [2.45, 2.75) is 52.4 Å². The molecule has 0 amide bonds. The second-order valence-electron chi connectivity index (χ2n) is 7.56. The van der Waals surface area contributed by atoms with E-state index in [1.165, 1.54) is 31.5 Å². The lowest BCUT2D eigenvalue weighted by Gasteiger charge is -2.22. The van der Waals surface area contributed by atoms with Crippen LogP contribution in [0.3, 0.4) is 0 Å². The summed E-state index contributed by atoms with van der Waals surface area (Å²) in [5, 5.41) is 2.35. The Morgan fingerprint density at radius 2 is 1.65 bits per heavy atom. The van der Waals surface area contributed by atoms with Crippen LogP contribution in [-0.2, 0) is 9.59 Å². The lowest BCUT2D eigenvalue weighted by molar-refractivity contribution is -0.664. The van der Waals surface area contributed by atoms with E-state index >= 15 is 0 Å². The van der Waals surface area contributed by atoms with Gasteiger partial charge < -0.3 is 5.32 Å². The van der Waals surface area contributed by atoms with E-state index in [-0.39, 0.29) is 17.5 Å². The van der Waals surface area contributed by atoms with E-state index in [9.17, 15) is 9.59 Å². The van der Waals surface area contributed by atoms with E-state index < -0.39 is 5.92 Å². The van der Waals surface area contributed by atoms with Gasteiger partial charge in [-0.25, -0.2) is 0 Å². The van der Waals surface area contributed by atoms with Crippen LogP contribution in [0.15, 0.2) is 12.1 Å². The monoisotopic (exact) mass is 314 g/mol. The number of aryl methyl sites for hydroxylation is 3. The molecule has 1 aliphatic heterocycles. The Kier molecular flexibility index (Phi) is 4.67. The quantitative estimate of drug-likeness (QED) is 0.870. The maximum Gasteiger partial charge on any atom is 0.151 e. The minimum absolute atomic E-state index is 0.0456. The number of rotatable bonds is 3. The lowest BCUT2D eigenvalue weighted by Crippen LogP contribution is -2.86. The first-order chi connectivity index (χ1) is 11.0. The number of piperidine rings is 1. The average Bonchev–Trinajstić information content (AvgIpc) is 2.75. The molecule has 0 radical (unpaired) electrons. The van der Waals surface area contributed by atoms with Gasteiger partial charge in [0.2, 0.25) is 0 Å². The molecule has 23 heavy (non-hydrogen) atoms. The van der Waals surface area contributed by atoms with Gasteiger partial charge in [-0.05, 0) is 62.6 Å². The average molecular weight is 314 g/mol. The van der Waals surface area contributed by atoms with Gasteiger partial charge in [-0.3, -0.25) is 9.59 Å². The van der Waals surface area contributed by atoms with Crippen LogP contribution in [-0.4, -0.2) is 24.7 Å². The third-order valence-electron chi connectivity index (χ3n) is 5.66. The van der Waals surface area contributed by atoms with E-state index in [0.29, 0.717) is 12.3 Å². The van der Waals surface area contributed by atoms with Crippen molar-refractivity contribution in [1.82, 2.24) is 0 Å². The number of carbonyl (C=O) groups excluding carboxylic acids is 2. The molecule has 124 valence electrons. The van der Waals surface area contributed by atoms with E-state index in [4.69, 9.17) is 0 Å². The molecule has 3 rings (SSSR count). The maximum absolute atomic E-state index is 13.0. The Bertz CT molecular complexity index is 606. The number of benzene rings is 1. The van der Waals surface area contributed by atoms with Gasteiger partial charge in [0, 0.05) is 12.3 Å². The second kappa shape index (κ2) is 6.56. The molecule has 2 unspecified atom stereocenters. The molecule has 2 atom stereocenters. The van der Waals surface area contributed by atoms with Crippen LogP contribution >= 0.6 is 0 Å². The highest BCUT2D eigenvalue weighted by atomic mass is 16.2. The van der Waals surface area contributed by atoms with Gasteiger partial charge in [0.15, 0.2) is 5.78 Å². The van der Waals surface area contributed by atoms with Crippen molar-refractivity contribution in [3.63, 3.8) is 0 Å². The van der Waals surface area contributed by atoms with Crippen LogP contribution in [0.25, 0.3) is 0 Å². The summed E-state index contributed by atoms with van der Waals surface area (Å²) in [6.45, 7) is 8.45. The largest absolute Gasteiger partial charge is 0.346 e. The van der Waals surface area contributed by atoms with Crippen molar-refractivity contribution in [2.75, 3.05) is 13.1 Å². The fraction of sp³-hybridized carbons (Fsp3) is 0.600. The Hall–Kier alpha value is -1.48. The molecule has 1 aromatic rings. The van der Waals surface area contributed by atoms with Crippen LogP contribution in [0.4, 0.5) is 0 Å². The molecular weight excluding hydrogens is 286 g/mol. The summed E-state index contributed by atoms with van der Waals surface area (Å²) in [6.07, 6.45) is 3.74. The van der Waals surface area contributed by atoms with Gasteiger partial charge in [-0.15, -0.1) is 0 Å². The van der Waals surface area contributed by atoms with Crippen LogP contribution in [0.1, 0.15) is 53.9 Å². The number of hydrogen-bond donors (Lipinski definition) is 1. The molecule has 3 nitrogen and oxygen atoms in total. The summed E-state index contributed by atoms with van der Waals surface area (Å²) < 4.78 is 0. The van der Waals surface area contributed by atoms with E-state index in [1.807, 2.05) is 13.8 Å². The standard InChI is InChI=1S/C20H27NO2/c1-12-8-13(2)18(14(3)9-12)19-17(22)11-16(20(19)23)10-15-4-6-21-7-5-15/h8-9,15-16,19,21H,4-7,10-11H2,1-3H3/p+1. The number of quaternary nitrogens is 1. The van der Waals surface area contributed by atoms with Gasteiger partial charge in [0.05, 0.1) is 13.1 Å². The van der Waals surface area contributed by atoms with Gasteiger partial charge >= 0.3 is 0 Å². The zero-order valence-corrected chi connectivity index (χ0v) is 14.5. The maximum atomic E-state index is 13.0. The molecule has 2 N–H and O–H groups in total. The summed E-state index contributed by atoms with van der Waals surface area (Å²) in [6, 6.07) is 4.18. The van der Waals surface area contributed by atoms with Crippen molar-refractivity contribution in [3.05, 3.63) is 34.4 Å². The predicted octanol–water partition coefficient (Wildman–Crippen LogP) is 2.22. The smallest absolute Gasteiger partial charge is 0.151 e. The third kappa shape index (κ3) is 3.25. The van der Waals surface area contributed by atoms with Crippen molar-refractivity contribution in [1.29, 1.82) is 0 Å². The lowest BCUT2D eigenvalue weighted by atomic mass is 9.83. The minimum Gasteiger partial charge on any atom is -0.346 e. The molecule has 2 aliphatic rings. The van der Waals surface area contributed by atoms with Gasteiger partial charge in [-0.2, -0.15) is 0 Å². The molecule has 2 fully saturated rings. The highest BCUT2D eigenvalue weighted by Gasteiger charge is 2.43. The molecule has 0 aromatic heterocycles. The first kappa shape index (κ1) is 16.4. The van der Waals surface area contributed by atoms with Crippen molar-refractivity contribution in [3.8, 4) is 0 Å². The minimum atomic E-state index is -0.504. The summed E-state index contributed by atoms with van der Waals surface area (Å²) >= 11 is 0. The fourth-order valence-corrected chi connectivity index (χ4v) is 4.64. The van der Waals surface area contributed by atoms with Crippen LogP contribution in [0, 0.1) is 32.6 Å². The first-order valence-corrected chi connectivity index (χ1v) is 8.93. The predicted molar refractivity (Wildman–Crippen MR) is 90.5 cm³/mol. The molecule has 1 heterocycles. The Labute approximate surface area is 138 Å². The zero-order valence-electron chi connectivity index (χ0n) is 14.5. The van der Waals surface area contributed by atoms with Gasteiger partial charge in [0.1, 0.15) is 11.7 Å². The summed E-state index contributed by atoms with van der Waals surface area (Å²) in [5.41, 5.74) is 4.34. The molecule has 0 bridgehead atoms. The van der Waals surface area contributed by atoms with Gasteiger partial charge in [0.25, 0.3) is 0 Å². The number of Topliss-reactive ketones (excluding diaryl/α,β-unsaturated/α-hetero) is 2. The summed E-state index contributed by atoms with van der Waals surface area (Å²) in [7, 11) is 0. The Morgan fingerprint density at radius 1 is 1.04 bits per heavy atom. The molecular formula is C20H28NO2+. The van der Waals surface area contributed by atoms with Crippen LogP contribution in [0.5, 0.6) is 0 Å². The topological polar surface area (TPSA) is 50.8 Å². The van der Waals surface area contributed by atoms with Crippen molar-refractivity contribution in [2.24, 2.45) is 11.8 Å². The van der Waals surface area contributed by atoms with Crippen LogP contribution in [0.2, 0.25) is 0 Å². The SMILES string of the molecule is Cc1cc(C)c(C2C(=O)CC(CC3CC[NH2+]CC3)C2=O)c(C)c1. The second-order valence-corrected chi connectivity index (χ2v) is 7.56. The molecule has 0 spiro atoms. The van der Waals surface area contributed by atoms with Gasteiger partial charge in [-0.1, -0.05) is 17.7 Å². The summed E-state index contributed by atoms with van der Waals surface area (Å²) in [4.78, 5) is 25.6. The molecule has 3 heteroatoms. The Balaban J connectivity index is 1.81. The van der Waals surface area contributed by atoms with E-state index in [1.54, 1.807) is 0 Å².